The maximum absolute atomic E-state index is 13.5. The molecule has 0 saturated carbocycles. The molecule has 1 amide bonds. The second-order valence-electron chi connectivity index (χ2n) is 7.41. The van der Waals surface area contributed by atoms with Crippen LogP contribution in [-0.4, -0.2) is 52.6 Å². The van der Waals surface area contributed by atoms with Gasteiger partial charge in [0.15, 0.2) is 0 Å². The second-order valence-corrected chi connectivity index (χ2v) is 7.41. The number of anilines is 1. The molecule has 1 fully saturated rings. The zero-order valence-corrected chi connectivity index (χ0v) is 16.9. The van der Waals surface area contributed by atoms with Crippen LogP contribution in [0.1, 0.15) is 16.1 Å². The van der Waals surface area contributed by atoms with Crippen LogP contribution in [0.3, 0.4) is 0 Å². The summed E-state index contributed by atoms with van der Waals surface area (Å²) in [5.41, 5.74) is 3.58. The van der Waals surface area contributed by atoms with Crippen molar-refractivity contribution in [3.8, 4) is 17.2 Å². The van der Waals surface area contributed by atoms with Crippen molar-refractivity contribution >= 4 is 17.6 Å². The van der Waals surface area contributed by atoms with Gasteiger partial charge in [0.2, 0.25) is 0 Å². The van der Waals surface area contributed by atoms with E-state index < -0.39 is 5.97 Å². The van der Waals surface area contributed by atoms with Crippen LogP contribution in [-0.2, 0) is 11.3 Å². The van der Waals surface area contributed by atoms with Crippen LogP contribution >= 0.6 is 0 Å². The Balaban J connectivity index is 1.56. The smallest absolute Gasteiger partial charge is 0.323 e. The first-order chi connectivity index (χ1) is 15.1. The molecule has 0 atom stereocenters. The van der Waals surface area contributed by atoms with Gasteiger partial charge in [-0.05, 0) is 29.8 Å². The lowest BCUT2D eigenvalue weighted by molar-refractivity contribution is -0.137. The van der Waals surface area contributed by atoms with E-state index in [0.29, 0.717) is 37.4 Å². The summed E-state index contributed by atoms with van der Waals surface area (Å²) in [5.74, 6) is -1.16. The van der Waals surface area contributed by atoms with Crippen LogP contribution in [0.15, 0.2) is 66.9 Å². The molecule has 0 bridgehead atoms. The molecule has 156 valence electrons. The normalized spacial score (nSPS) is 13.6. The molecule has 2 aromatic carbocycles. The summed E-state index contributed by atoms with van der Waals surface area (Å²) in [6.07, 6.45) is 1.66. The topological polar surface area (TPSA) is 89.6 Å². The van der Waals surface area contributed by atoms with Crippen molar-refractivity contribution in [1.82, 2.24) is 9.47 Å². The molecule has 7 heteroatoms. The molecule has 1 saturated heterocycles. The summed E-state index contributed by atoms with van der Waals surface area (Å²) >= 11 is 0. The number of benzene rings is 2. The first kappa shape index (κ1) is 20.2. The molecular formula is C24H22N4O3. The monoisotopic (exact) mass is 414 g/mol. The van der Waals surface area contributed by atoms with E-state index in [0.717, 1.165) is 16.8 Å². The lowest BCUT2D eigenvalue weighted by atomic mass is 10.1. The van der Waals surface area contributed by atoms with Crippen molar-refractivity contribution in [2.75, 3.05) is 31.1 Å². The van der Waals surface area contributed by atoms with Gasteiger partial charge in [-0.1, -0.05) is 36.4 Å². The van der Waals surface area contributed by atoms with E-state index in [2.05, 4.69) is 11.0 Å². The first-order valence-corrected chi connectivity index (χ1v) is 10.1. The summed E-state index contributed by atoms with van der Waals surface area (Å²) in [6.45, 7) is 2.04. The van der Waals surface area contributed by atoms with E-state index in [1.54, 1.807) is 23.2 Å². The number of carbonyl (C=O) groups is 2. The van der Waals surface area contributed by atoms with Crippen molar-refractivity contribution in [2.24, 2.45) is 0 Å². The molecule has 1 aliphatic heterocycles. The molecule has 0 unspecified atom stereocenters. The zero-order valence-electron chi connectivity index (χ0n) is 16.9. The number of carbonyl (C=O) groups excluding carboxylic acids is 1. The molecule has 7 nitrogen and oxygen atoms in total. The number of hydrogen-bond acceptors (Lipinski definition) is 4. The molecule has 1 aliphatic rings. The number of nitrogens with zero attached hydrogens (tertiary/aromatic N) is 4. The van der Waals surface area contributed by atoms with Gasteiger partial charge >= 0.3 is 5.97 Å². The largest absolute Gasteiger partial charge is 0.480 e. The minimum Gasteiger partial charge on any atom is -0.480 e. The molecule has 2 heterocycles. The van der Waals surface area contributed by atoms with Gasteiger partial charge in [-0.25, -0.2) is 0 Å². The Hall–Kier alpha value is -4.05. The quantitative estimate of drug-likeness (QED) is 0.693. The van der Waals surface area contributed by atoms with E-state index in [9.17, 15) is 14.7 Å². The van der Waals surface area contributed by atoms with Gasteiger partial charge in [-0.15, -0.1) is 0 Å². The molecular weight excluding hydrogens is 392 g/mol. The van der Waals surface area contributed by atoms with Gasteiger partial charge < -0.3 is 19.5 Å². The van der Waals surface area contributed by atoms with Gasteiger partial charge in [-0.3, -0.25) is 9.59 Å². The Labute approximate surface area is 180 Å². The number of carboxylic acid groups (broad SMARTS) is 1. The highest BCUT2D eigenvalue weighted by Gasteiger charge is 2.27. The molecule has 4 rings (SSSR count). The first-order valence-electron chi connectivity index (χ1n) is 10.1. The SMILES string of the molecule is N#Cc1cccc(N2CCN(C(=O)c3c(-c4ccccc4)ccn3CC(=O)O)CC2)c1. The maximum atomic E-state index is 13.5. The Kier molecular flexibility index (Phi) is 5.72. The van der Waals surface area contributed by atoms with Crippen molar-refractivity contribution in [3.63, 3.8) is 0 Å². The number of hydrogen-bond donors (Lipinski definition) is 1. The van der Waals surface area contributed by atoms with Crippen LogP contribution < -0.4 is 4.90 Å². The molecule has 1 aromatic heterocycles. The van der Waals surface area contributed by atoms with Gasteiger partial charge in [0.05, 0.1) is 11.6 Å². The maximum Gasteiger partial charge on any atom is 0.323 e. The highest BCUT2D eigenvalue weighted by atomic mass is 16.4. The molecule has 3 aromatic rings. The Morgan fingerprint density at radius 2 is 1.71 bits per heavy atom. The van der Waals surface area contributed by atoms with E-state index in [1.807, 2.05) is 48.5 Å². The number of piperazine rings is 1. The summed E-state index contributed by atoms with van der Waals surface area (Å²) in [4.78, 5) is 28.7. The van der Waals surface area contributed by atoms with Crippen molar-refractivity contribution in [2.45, 2.75) is 6.54 Å². The van der Waals surface area contributed by atoms with E-state index in [1.165, 1.54) is 4.57 Å². The lowest BCUT2D eigenvalue weighted by Crippen LogP contribution is -2.49. The average Bonchev–Trinajstić information content (AvgIpc) is 3.22. The Morgan fingerprint density at radius 3 is 2.39 bits per heavy atom. The van der Waals surface area contributed by atoms with Crippen LogP contribution in [0, 0.1) is 11.3 Å². The minimum absolute atomic E-state index is 0.171. The number of amides is 1. The van der Waals surface area contributed by atoms with Gasteiger partial charge in [0.1, 0.15) is 12.2 Å². The fourth-order valence-electron chi connectivity index (χ4n) is 3.93. The van der Waals surface area contributed by atoms with E-state index >= 15 is 0 Å². The fourth-order valence-corrected chi connectivity index (χ4v) is 3.93. The van der Waals surface area contributed by atoms with Crippen molar-refractivity contribution in [3.05, 3.63) is 78.1 Å². The Morgan fingerprint density at radius 1 is 0.968 bits per heavy atom. The second kappa shape index (κ2) is 8.76. The molecule has 1 N–H and O–H groups in total. The van der Waals surface area contributed by atoms with E-state index in [4.69, 9.17) is 5.26 Å². The van der Waals surface area contributed by atoms with Crippen LogP contribution in [0.2, 0.25) is 0 Å². The third-order valence-corrected chi connectivity index (χ3v) is 5.46. The highest BCUT2D eigenvalue weighted by molar-refractivity contribution is 6.00. The number of aromatic nitrogens is 1. The summed E-state index contributed by atoms with van der Waals surface area (Å²) in [5, 5.41) is 18.4. The van der Waals surface area contributed by atoms with E-state index in [-0.39, 0.29) is 12.5 Å². The number of aliphatic carboxylic acids is 1. The van der Waals surface area contributed by atoms with Crippen molar-refractivity contribution < 1.29 is 14.7 Å². The summed E-state index contributed by atoms with van der Waals surface area (Å²) < 4.78 is 1.51. The molecule has 0 aliphatic carbocycles. The standard InChI is InChI=1S/C24H22N4O3/c25-16-18-5-4-8-20(15-18)26-11-13-27(14-12-26)24(31)23-21(19-6-2-1-3-7-19)9-10-28(23)17-22(29)30/h1-10,15H,11-14,17H2,(H,29,30). The van der Waals surface area contributed by atoms with Crippen LogP contribution in [0.25, 0.3) is 11.1 Å². The van der Waals surface area contributed by atoms with Gasteiger partial charge in [-0.2, -0.15) is 5.26 Å². The van der Waals surface area contributed by atoms with Gasteiger partial charge in [0.25, 0.3) is 5.91 Å². The van der Waals surface area contributed by atoms with Crippen molar-refractivity contribution in [1.29, 1.82) is 5.26 Å². The third kappa shape index (κ3) is 4.28. The Bertz CT molecular complexity index is 1140. The minimum atomic E-state index is -0.994. The molecule has 0 spiro atoms. The fraction of sp³-hybridized carbons (Fsp3) is 0.208. The molecule has 0 radical (unpaired) electrons. The third-order valence-electron chi connectivity index (χ3n) is 5.46. The average molecular weight is 414 g/mol. The van der Waals surface area contributed by atoms with Crippen LogP contribution in [0.4, 0.5) is 5.69 Å². The molecule has 31 heavy (non-hydrogen) atoms. The zero-order chi connectivity index (χ0) is 21.8. The number of carboxylic acids is 1. The predicted molar refractivity (Wildman–Crippen MR) is 117 cm³/mol. The van der Waals surface area contributed by atoms with Gasteiger partial charge in [0, 0.05) is 43.6 Å². The lowest BCUT2D eigenvalue weighted by Gasteiger charge is -2.36. The summed E-state index contributed by atoms with van der Waals surface area (Å²) in [6, 6.07) is 20.9. The number of rotatable bonds is 5. The van der Waals surface area contributed by atoms with Crippen LogP contribution in [0.5, 0.6) is 0 Å². The predicted octanol–water partition coefficient (Wildman–Crippen LogP) is 3.07. The summed E-state index contributed by atoms with van der Waals surface area (Å²) in [7, 11) is 0. The number of nitriles is 1. The highest BCUT2D eigenvalue weighted by Crippen LogP contribution is 2.27.